The van der Waals surface area contributed by atoms with E-state index in [2.05, 4.69) is 34.1 Å². The molecule has 2 aromatic rings. The maximum absolute atomic E-state index is 5.63. The maximum Gasteiger partial charge on any atom is 0.127 e. The summed E-state index contributed by atoms with van der Waals surface area (Å²) < 4.78 is 6.40. The third kappa shape index (κ3) is 1.98. The van der Waals surface area contributed by atoms with E-state index in [1.807, 2.05) is 12.1 Å². The number of halogens is 1. The maximum atomic E-state index is 5.63. The summed E-state index contributed by atoms with van der Waals surface area (Å²) in [6.07, 6.45) is 0. The number of fused-ring (bicyclic) bond motifs is 1. The van der Waals surface area contributed by atoms with Gasteiger partial charge in [-0.05, 0) is 35.2 Å². The molecule has 0 aliphatic heterocycles. The zero-order chi connectivity index (χ0) is 10.8. The van der Waals surface area contributed by atoms with E-state index in [0.29, 0.717) is 6.54 Å². The van der Waals surface area contributed by atoms with Crippen molar-refractivity contribution in [2.75, 3.05) is 7.11 Å². The highest BCUT2D eigenvalue weighted by Gasteiger charge is 2.04. The lowest BCUT2D eigenvalue weighted by atomic mass is 10.1. The van der Waals surface area contributed by atoms with E-state index in [9.17, 15) is 0 Å². The molecule has 0 radical (unpaired) electrons. The average Bonchev–Trinajstić information content (AvgIpc) is 2.27. The summed E-state index contributed by atoms with van der Waals surface area (Å²) in [6, 6.07) is 10.2. The Bertz CT molecular complexity index is 496. The number of hydrogen-bond donors (Lipinski definition) is 1. The van der Waals surface area contributed by atoms with Gasteiger partial charge in [0.2, 0.25) is 0 Å². The van der Waals surface area contributed by atoms with Gasteiger partial charge in [-0.1, -0.05) is 22.0 Å². The minimum absolute atomic E-state index is 0.530. The van der Waals surface area contributed by atoms with Crippen LogP contribution in [0.2, 0.25) is 0 Å². The summed E-state index contributed by atoms with van der Waals surface area (Å²) in [6.45, 7) is 0.530. The van der Waals surface area contributed by atoms with Crippen LogP contribution in [0.4, 0.5) is 0 Å². The van der Waals surface area contributed by atoms with Crippen LogP contribution in [0.3, 0.4) is 0 Å². The predicted octanol–water partition coefficient (Wildman–Crippen LogP) is 3.07. The molecule has 0 unspecified atom stereocenters. The van der Waals surface area contributed by atoms with E-state index >= 15 is 0 Å². The van der Waals surface area contributed by atoms with Crippen molar-refractivity contribution in [3.8, 4) is 5.75 Å². The standard InChI is InChI=1S/C12H12BrNO/c1-15-12-5-8(7-14)4-9-2-3-10(13)6-11(9)12/h2-6H,7,14H2,1H3. The first-order valence-electron chi connectivity index (χ1n) is 4.71. The molecule has 0 fully saturated rings. The molecule has 2 N–H and O–H groups in total. The van der Waals surface area contributed by atoms with Gasteiger partial charge in [0.05, 0.1) is 7.11 Å². The number of rotatable bonds is 2. The molecule has 2 aromatic carbocycles. The fourth-order valence-corrected chi connectivity index (χ4v) is 2.00. The molecule has 78 valence electrons. The van der Waals surface area contributed by atoms with Crippen molar-refractivity contribution in [2.45, 2.75) is 6.54 Å². The van der Waals surface area contributed by atoms with Crippen LogP contribution in [0, 0.1) is 0 Å². The number of benzene rings is 2. The minimum atomic E-state index is 0.530. The highest BCUT2D eigenvalue weighted by molar-refractivity contribution is 9.10. The third-order valence-corrected chi connectivity index (χ3v) is 2.89. The molecule has 0 saturated heterocycles. The van der Waals surface area contributed by atoms with Crippen LogP contribution >= 0.6 is 15.9 Å². The molecule has 0 aliphatic rings. The summed E-state index contributed by atoms with van der Waals surface area (Å²) in [5.74, 6) is 0.870. The van der Waals surface area contributed by atoms with E-state index in [0.717, 1.165) is 26.6 Å². The van der Waals surface area contributed by atoms with Crippen molar-refractivity contribution < 1.29 is 4.74 Å². The lowest BCUT2D eigenvalue weighted by Crippen LogP contribution is -1.97. The molecule has 0 saturated carbocycles. The summed E-state index contributed by atoms with van der Waals surface area (Å²) in [7, 11) is 1.68. The zero-order valence-electron chi connectivity index (χ0n) is 8.46. The predicted molar refractivity (Wildman–Crippen MR) is 66.1 cm³/mol. The second kappa shape index (κ2) is 4.21. The highest BCUT2D eigenvalue weighted by Crippen LogP contribution is 2.29. The Morgan fingerprint density at radius 3 is 2.73 bits per heavy atom. The molecule has 0 bridgehead atoms. The van der Waals surface area contributed by atoms with Gasteiger partial charge in [-0.3, -0.25) is 0 Å². The van der Waals surface area contributed by atoms with Crippen molar-refractivity contribution >= 4 is 26.7 Å². The number of hydrogen-bond acceptors (Lipinski definition) is 2. The normalized spacial score (nSPS) is 10.6. The molecular formula is C12H12BrNO. The smallest absolute Gasteiger partial charge is 0.127 e. The van der Waals surface area contributed by atoms with Gasteiger partial charge >= 0.3 is 0 Å². The Morgan fingerprint density at radius 1 is 1.27 bits per heavy atom. The largest absolute Gasteiger partial charge is 0.496 e. The molecule has 15 heavy (non-hydrogen) atoms. The molecule has 0 aliphatic carbocycles. The molecule has 2 rings (SSSR count). The van der Waals surface area contributed by atoms with E-state index in [1.54, 1.807) is 7.11 Å². The Balaban J connectivity index is 2.75. The monoisotopic (exact) mass is 265 g/mol. The van der Waals surface area contributed by atoms with Gasteiger partial charge < -0.3 is 10.5 Å². The van der Waals surface area contributed by atoms with Crippen molar-refractivity contribution in [1.29, 1.82) is 0 Å². The first kappa shape index (κ1) is 10.5. The molecule has 0 spiro atoms. The number of methoxy groups -OCH3 is 1. The summed E-state index contributed by atoms with van der Waals surface area (Å²) in [5.41, 5.74) is 6.71. The van der Waals surface area contributed by atoms with Gasteiger partial charge in [0, 0.05) is 16.4 Å². The summed E-state index contributed by atoms with van der Waals surface area (Å²) in [5, 5.41) is 2.25. The Kier molecular flexibility index (Phi) is 2.93. The van der Waals surface area contributed by atoms with Crippen LogP contribution in [0.5, 0.6) is 5.75 Å². The van der Waals surface area contributed by atoms with Crippen LogP contribution in [-0.4, -0.2) is 7.11 Å². The SMILES string of the molecule is COc1cc(CN)cc2ccc(Br)cc12. The van der Waals surface area contributed by atoms with Crippen molar-refractivity contribution in [2.24, 2.45) is 5.73 Å². The Hall–Kier alpha value is -1.06. The van der Waals surface area contributed by atoms with E-state index in [-0.39, 0.29) is 0 Å². The fraction of sp³-hybridized carbons (Fsp3) is 0.167. The highest BCUT2D eigenvalue weighted by atomic mass is 79.9. The Morgan fingerprint density at radius 2 is 2.07 bits per heavy atom. The van der Waals surface area contributed by atoms with Gasteiger partial charge in [0.15, 0.2) is 0 Å². The van der Waals surface area contributed by atoms with Crippen molar-refractivity contribution in [3.63, 3.8) is 0 Å². The summed E-state index contributed by atoms with van der Waals surface area (Å²) >= 11 is 3.45. The van der Waals surface area contributed by atoms with Crippen LogP contribution in [0.1, 0.15) is 5.56 Å². The molecule has 0 aromatic heterocycles. The van der Waals surface area contributed by atoms with Gasteiger partial charge in [0.1, 0.15) is 5.75 Å². The van der Waals surface area contributed by atoms with E-state index in [4.69, 9.17) is 10.5 Å². The molecule has 0 heterocycles. The van der Waals surface area contributed by atoms with Crippen LogP contribution in [-0.2, 0) is 6.54 Å². The molecule has 2 nitrogen and oxygen atoms in total. The molecule has 3 heteroatoms. The molecular weight excluding hydrogens is 254 g/mol. The lowest BCUT2D eigenvalue weighted by Gasteiger charge is -2.08. The van der Waals surface area contributed by atoms with Gasteiger partial charge in [-0.2, -0.15) is 0 Å². The van der Waals surface area contributed by atoms with Crippen LogP contribution in [0.15, 0.2) is 34.8 Å². The average molecular weight is 266 g/mol. The topological polar surface area (TPSA) is 35.2 Å². The Labute approximate surface area is 97.2 Å². The van der Waals surface area contributed by atoms with Crippen LogP contribution < -0.4 is 10.5 Å². The van der Waals surface area contributed by atoms with Crippen LogP contribution in [0.25, 0.3) is 10.8 Å². The quantitative estimate of drug-likeness (QED) is 0.906. The van der Waals surface area contributed by atoms with Crippen molar-refractivity contribution in [1.82, 2.24) is 0 Å². The number of nitrogens with two attached hydrogens (primary N) is 1. The van der Waals surface area contributed by atoms with E-state index in [1.165, 1.54) is 0 Å². The summed E-state index contributed by atoms with van der Waals surface area (Å²) in [4.78, 5) is 0. The third-order valence-electron chi connectivity index (χ3n) is 2.39. The first-order valence-corrected chi connectivity index (χ1v) is 5.50. The second-order valence-corrected chi connectivity index (χ2v) is 4.28. The first-order chi connectivity index (χ1) is 7.24. The molecule has 0 amide bonds. The van der Waals surface area contributed by atoms with Gasteiger partial charge in [-0.25, -0.2) is 0 Å². The number of ether oxygens (including phenoxy) is 1. The fourth-order valence-electron chi connectivity index (χ4n) is 1.64. The second-order valence-electron chi connectivity index (χ2n) is 3.37. The lowest BCUT2D eigenvalue weighted by molar-refractivity contribution is 0.419. The van der Waals surface area contributed by atoms with E-state index < -0.39 is 0 Å². The zero-order valence-corrected chi connectivity index (χ0v) is 10.0. The minimum Gasteiger partial charge on any atom is -0.496 e. The molecule has 0 atom stereocenters. The van der Waals surface area contributed by atoms with Crippen molar-refractivity contribution in [3.05, 3.63) is 40.4 Å². The van der Waals surface area contributed by atoms with Gasteiger partial charge in [0.25, 0.3) is 0 Å². The van der Waals surface area contributed by atoms with Gasteiger partial charge in [-0.15, -0.1) is 0 Å².